The highest BCUT2D eigenvalue weighted by molar-refractivity contribution is 7.43. The van der Waals surface area contributed by atoms with E-state index < -0.39 is 8.53 Å². The van der Waals surface area contributed by atoms with Crippen molar-refractivity contribution in [1.82, 2.24) is 4.67 Å². The van der Waals surface area contributed by atoms with Gasteiger partial charge in [-0.1, -0.05) is 0 Å². The van der Waals surface area contributed by atoms with Crippen LogP contribution in [0.5, 0.6) is 0 Å². The molecule has 0 aromatic heterocycles. The average Bonchev–Trinajstić information content (AvgIpc) is 2.20. The van der Waals surface area contributed by atoms with Crippen LogP contribution in [0.25, 0.3) is 0 Å². The van der Waals surface area contributed by atoms with Crippen LogP contribution in [0.15, 0.2) is 13.2 Å². The fourth-order valence-electron chi connectivity index (χ4n) is 1.23. The molecule has 0 fully saturated rings. The zero-order valence-corrected chi connectivity index (χ0v) is 11.6. The van der Waals surface area contributed by atoms with Gasteiger partial charge in [0, 0.05) is 12.1 Å². The quantitative estimate of drug-likeness (QED) is 0.444. The van der Waals surface area contributed by atoms with Gasteiger partial charge in [-0.3, -0.25) is 0 Å². The predicted molar refractivity (Wildman–Crippen MR) is 68.7 cm³/mol. The summed E-state index contributed by atoms with van der Waals surface area (Å²) in [5.41, 5.74) is 0. The van der Waals surface area contributed by atoms with Gasteiger partial charge in [-0.2, -0.15) is 5.26 Å². The van der Waals surface area contributed by atoms with Gasteiger partial charge in [0.15, 0.2) is 0 Å². The lowest BCUT2D eigenvalue weighted by Crippen LogP contribution is -2.32. The van der Waals surface area contributed by atoms with Crippen molar-refractivity contribution in [3.8, 4) is 6.07 Å². The Morgan fingerprint density at radius 2 is 1.75 bits per heavy atom. The van der Waals surface area contributed by atoms with Crippen molar-refractivity contribution in [2.75, 3.05) is 6.61 Å². The standard InChI is InChI=1S/C9H19N2O2P.C2H4/c1-8(2)11(9(3)4)14(12)13-7-5-6-10;1-2/h8-9,12H,5,7H2,1-4H3;1-2H2. The number of hydrogen-bond donors (Lipinski definition) is 1. The monoisotopic (exact) mass is 246 g/mol. The molecule has 0 rings (SSSR count). The summed E-state index contributed by atoms with van der Waals surface area (Å²) in [6.07, 6.45) is 0.323. The third-order valence-electron chi connectivity index (χ3n) is 1.68. The van der Waals surface area contributed by atoms with E-state index in [9.17, 15) is 4.89 Å². The zero-order chi connectivity index (χ0) is 13.1. The van der Waals surface area contributed by atoms with Gasteiger partial charge in [0.25, 0.3) is 8.53 Å². The normalized spacial score (nSPS) is 12.2. The second kappa shape index (κ2) is 11.0. The molecule has 0 radical (unpaired) electrons. The Kier molecular flexibility index (Phi) is 12.4. The molecular formula is C11H23N2O2P. The predicted octanol–water partition coefficient (Wildman–Crippen LogP) is 3.06. The minimum atomic E-state index is -1.55. The maximum Gasteiger partial charge on any atom is 0.256 e. The lowest BCUT2D eigenvalue weighted by molar-refractivity contribution is 0.215. The minimum Gasteiger partial charge on any atom is -0.338 e. The highest BCUT2D eigenvalue weighted by atomic mass is 31.2. The molecule has 0 aromatic carbocycles. The van der Waals surface area contributed by atoms with Crippen molar-refractivity contribution in [1.29, 1.82) is 5.26 Å². The molecule has 0 spiro atoms. The first-order chi connectivity index (χ1) is 7.50. The molecule has 94 valence electrons. The van der Waals surface area contributed by atoms with Crippen LogP contribution in [0, 0.1) is 11.3 Å². The van der Waals surface area contributed by atoms with Crippen LogP contribution in [-0.2, 0) is 4.52 Å². The van der Waals surface area contributed by atoms with Crippen LogP contribution >= 0.6 is 8.53 Å². The van der Waals surface area contributed by atoms with Crippen LogP contribution in [0.1, 0.15) is 34.1 Å². The molecule has 0 amide bonds. The summed E-state index contributed by atoms with van der Waals surface area (Å²) in [6.45, 7) is 14.4. The van der Waals surface area contributed by atoms with Crippen LogP contribution in [-0.4, -0.2) is 28.3 Å². The molecule has 4 nitrogen and oxygen atoms in total. The smallest absolute Gasteiger partial charge is 0.256 e. The van der Waals surface area contributed by atoms with Gasteiger partial charge >= 0.3 is 0 Å². The van der Waals surface area contributed by atoms with Gasteiger partial charge < -0.3 is 9.42 Å². The fraction of sp³-hybridized carbons (Fsp3) is 0.727. The number of hydrogen-bond acceptors (Lipinski definition) is 4. The molecule has 0 heterocycles. The van der Waals surface area contributed by atoms with Gasteiger partial charge in [0.2, 0.25) is 0 Å². The number of nitrogens with zero attached hydrogens (tertiary/aromatic N) is 2. The van der Waals surface area contributed by atoms with E-state index in [0.29, 0.717) is 13.0 Å². The Hall–Kier alpha value is -0.460. The van der Waals surface area contributed by atoms with E-state index in [1.54, 1.807) is 0 Å². The van der Waals surface area contributed by atoms with Crippen molar-refractivity contribution in [2.24, 2.45) is 0 Å². The van der Waals surface area contributed by atoms with E-state index in [4.69, 9.17) is 9.79 Å². The zero-order valence-electron chi connectivity index (χ0n) is 10.7. The Balaban J connectivity index is 0. The molecule has 0 aliphatic carbocycles. The maximum absolute atomic E-state index is 9.74. The first kappa shape index (κ1) is 17.9. The largest absolute Gasteiger partial charge is 0.338 e. The number of rotatable bonds is 6. The Labute approximate surface area is 100 Å². The van der Waals surface area contributed by atoms with Crippen molar-refractivity contribution in [3.63, 3.8) is 0 Å². The average molecular weight is 246 g/mol. The molecule has 0 aliphatic heterocycles. The molecule has 0 bridgehead atoms. The summed E-state index contributed by atoms with van der Waals surface area (Å²) in [5, 5.41) is 8.32. The molecule has 1 atom stereocenters. The van der Waals surface area contributed by atoms with E-state index in [0.717, 1.165) is 0 Å². The molecule has 0 aromatic rings. The lowest BCUT2D eigenvalue weighted by atomic mass is 10.3. The van der Waals surface area contributed by atoms with Crippen LogP contribution in [0.4, 0.5) is 0 Å². The van der Waals surface area contributed by atoms with E-state index in [1.807, 2.05) is 38.4 Å². The fourth-order valence-corrected chi connectivity index (χ4v) is 2.41. The molecule has 0 aliphatic rings. The molecule has 0 saturated carbocycles. The summed E-state index contributed by atoms with van der Waals surface area (Å²) in [4.78, 5) is 9.74. The van der Waals surface area contributed by atoms with Crippen LogP contribution in [0.2, 0.25) is 0 Å². The first-order valence-corrected chi connectivity index (χ1v) is 6.44. The van der Waals surface area contributed by atoms with E-state index in [1.165, 1.54) is 0 Å². The number of nitriles is 1. The van der Waals surface area contributed by atoms with E-state index in [2.05, 4.69) is 13.2 Å². The highest BCUT2D eigenvalue weighted by Gasteiger charge is 2.23. The van der Waals surface area contributed by atoms with Crippen LogP contribution in [0.3, 0.4) is 0 Å². The molecule has 5 heteroatoms. The molecule has 1 unspecified atom stereocenters. The summed E-state index contributed by atoms with van der Waals surface area (Å²) >= 11 is 0. The van der Waals surface area contributed by atoms with E-state index in [-0.39, 0.29) is 12.1 Å². The first-order valence-electron chi connectivity index (χ1n) is 5.27. The molecular weight excluding hydrogens is 223 g/mol. The van der Waals surface area contributed by atoms with Crippen molar-refractivity contribution < 1.29 is 9.42 Å². The lowest BCUT2D eigenvalue weighted by Gasteiger charge is -2.32. The second-order valence-corrected chi connectivity index (χ2v) is 4.79. The third kappa shape index (κ3) is 7.78. The summed E-state index contributed by atoms with van der Waals surface area (Å²) in [6, 6.07) is 2.46. The van der Waals surface area contributed by atoms with Crippen LogP contribution < -0.4 is 0 Å². The Morgan fingerprint density at radius 1 is 1.31 bits per heavy atom. The van der Waals surface area contributed by atoms with Gasteiger partial charge in [0.05, 0.1) is 19.1 Å². The van der Waals surface area contributed by atoms with E-state index >= 15 is 0 Å². The van der Waals surface area contributed by atoms with Gasteiger partial charge in [-0.25, -0.2) is 4.67 Å². The Bertz CT molecular complexity index is 197. The van der Waals surface area contributed by atoms with Gasteiger partial charge in [-0.15, -0.1) is 13.2 Å². The summed E-state index contributed by atoms with van der Waals surface area (Å²) < 4.78 is 7.10. The second-order valence-electron chi connectivity index (χ2n) is 3.56. The van der Waals surface area contributed by atoms with Crippen molar-refractivity contribution in [3.05, 3.63) is 13.2 Å². The van der Waals surface area contributed by atoms with Gasteiger partial charge in [-0.05, 0) is 27.7 Å². The van der Waals surface area contributed by atoms with Gasteiger partial charge in [0.1, 0.15) is 0 Å². The van der Waals surface area contributed by atoms with Crippen molar-refractivity contribution >= 4 is 8.53 Å². The maximum atomic E-state index is 9.74. The SMILES string of the molecule is C=C.CC(C)N(C(C)C)P(O)OCCC#N. The Morgan fingerprint density at radius 3 is 2.06 bits per heavy atom. The molecule has 16 heavy (non-hydrogen) atoms. The minimum absolute atomic E-state index is 0.244. The molecule has 1 N–H and O–H groups in total. The molecule has 0 saturated heterocycles. The summed E-state index contributed by atoms with van der Waals surface area (Å²) in [5.74, 6) is 0. The van der Waals surface area contributed by atoms with Crippen molar-refractivity contribution in [2.45, 2.75) is 46.2 Å². The highest BCUT2D eigenvalue weighted by Crippen LogP contribution is 2.40. The summed E-state index contributed by atoms with van der Waals surface area (Å²) in [7, 11) is -1.55. The third-order valence-corrected chi connectivity index (χ3v) is 3.41. The topological polar surface area (TPSA) is 56.5 Å².